The van der Waals surface area contributed by atoms with Crippen molar-refractivity contribution in [1.29, 1.82) is 0 Å². The zero-order valence-corrected chi connectivity index (χ0v) is 16.1. The first-order valence-electron chi connectivity index (χ1n) is 9.49. The number of fused-ring (bicyclic) bond motifs is 1. The number of anilines is 2. The molecule has 0 fully saturated rings. The first-order chi connectivity index (χ1) is 14.2. The van der Waals surface area contributed by atoms with Gasteiger partial charge in [-0.15, -0.1) is 5.10 Å². The third-order valence-corrected chi connectivity index (χ3v) is 4.62. The molecule has 2 heterocycles. The van der Waals surface area contributed by atoms with Gasteiger partial charge in [-0.25, -0.2) is 4.52 Å². The van der Waals surface area contributed by atoms with Gasteiger partial charge in [0.25, 0.3) is 11.9 Å². The van der Waals surface area contributed by atoms with Gasteiger partial charge in [0.2, 0.25) is 0 Å². The predicted molar refractivity (Wildman–Crippen MR) is 114 cm³/mol. The van der Waals surface area contributed by atoms with Crippen molar-refractivity contribution >= 4 is 23.2 Å². The summed E-state index contributed by atoms with van der Waals surface area (Å²) in [5, 5.41) is 4.24. The largest absolute Gasteiger partial charge is 0.367 e. The molecule has 7 nitrogen and oxygen atoms in total. The van der Waals surface area contributed by atoms with Crippen LogP contribution in [0.3, 0.4) is 0 Å². The first kappa shape index (κ1) is 18.5. The van der Waals surface area contributed by atoms with E-state index < -0.39 is 0 Å². The van der Waals surface area contributed by atoms with E-state index in [-0.39, 0.29) is 5.91 Å². The summed E-state index contributed by atoms with van der Waals surface area (Å²) in [4.78, 5) is 19.0. The minimum atomic E-state index is -0.249. The lowest BCUT2D eigenvalue weighted by atomic mass is 10.1. The van der Waals surface area contributed by atoms with Crippen LogP contribution in [-0.4, -0.2) is 27.0 Å². The Bertz CT molecular complexity index is 1060. The lowest BCUT2D eigenvalue weighted by Crippen LogP contribution is -2.30. The normalized spacial score (nSPS) is 10.7. The molecule has 0 aliphatic carbocycles. The number of hydrazine groups is 1. The SMILES string of the molecule is CCN(Cc1ccccc1)c1ccc(C(=O)NNc2nc3ccccn3n2)cc1. The summed E-state index contributed by atoms with van der Waals surface area (Å²) < 4.78 is 1.63. The number of benzene rings is 2. The Balaban J connectivity index is 1.39. The molecular weight excluding hydrogens is 364 g/mol. The van der Waals surface area contributed by atoms with Gasteiger partial charge in [0.1, 0.15) is 0 Å². The Morgan fingerprint density at radius 2 is 1.76 bits per heavy atom. The highest BCUT2D eigenvalue weighted by Gasteiger charge is 2.10. The second-order valence-electron chi connectivity index (χ2n) is 6.56. The fraction of sp³-hybridized carbons (Fsp3) is 0.136. The molecular formula is C22H22N6O. The molecule has 4 rings (SSSR count). The molecule has 0 saturated heterocycles. The number of carbonyl (C=O) groups is 1. The molecule has 2 aromatic heterocycles. The van der Waals surface area contributed by atoms with Crippen molar-refractivity contribution in [1.82, 2.24) is 20.0 Å². The second kappa shape index (κ2) is 8.43. The number of rotatable bonds is 7. The van der Waals surface area contributed by atoms with Gasteiger partial charge in [-0.1, -0.05) is 36.4 Å². The summed E-state index contributed by atoms with van der Waals surface area (Å²) in [5.74, 6) is 0.0858. The Kier molecular flexibility index (Phi) is 5.38. The highest BCUT2D eigenvalue weighted by atomic mass is 16.2. The van der Waals surface area contributed by atoms with E-state index in [0.717, 1.165) is 18.8 Å². The van der Waals surface area contributed by atoms with Crippen molar-refractivity contribution < 1.29 is 4.79 Å². The van der Waals surface area contributed by atoms with Crippen LogP contribution in [0.4, 0.5) is 11.6 Å². The van der Waals surface area contributed by atoms with E-state index in [9.17, 15) is 4.79 Å². The molecule has 0 saturated carbocycles. The number of nitrogens with zero attached hydrogens (tertiary/aromatic N) is 4. The van der Waals surface area contributed by atoms with E-state index in [1.807, 2.05) is 60.7 Å². The smallest absolute Gasteiger partial charge is 0.269 e. The summed E-state index contributed by atoms with van der Waals surface area (Å²) in [5.41, 5.74) is 8.98. The maximum Gasteiger partial charge on any atom is 0.269 e. The van der Waals surface area contributed by atoms with Crippen molar-refractivity contribution in [2.45, 2.75) is 13.5 Å². The Morgan fingerprint density at radius 1 is 1.00 bits per heavy atom. The van der Waals surface area contributed by atoms with E-state index in [2.05, 4.69) is 44.9 Å². The number of hydrogen-bond donors (Lipinski definition) is 2. The van der Waals surface area contributed by atoms with Crippen molar-refractivity contribution in [2.24, 2.45) is 0 Å². The number of hydrogen-bond acceptors (Lipinski definition) is 5. The van der Waals surface area contributed by atoms with Gasteiger partial charge in [0.15, 0.2) is 5.65 Å². The summed E-state index contributed by atoms with van der Waals surface area (Å²) in [7, 11) is 0. The minimum absolute atomic E-state index is 0.249. The zero-order valence-electron chi connectivity index (χ0n) is 16.1. The third-order valence-electron chi connectivity index (χ3n) is 4.62. The van der Waals surface area contributed by atoms with Crippen LogP contribution < -0.4 is 15.8 Å². The van der Waals surface area contributed by atoms with Crippen LogP contribution in [-0.2, 0) is 6.54 Å². The van der Waals surface area contributed by atoms with Crippen molar-refractivity contribution in [3.63, 3.8) is 0 Å². The summed E-state index contributed by atoms with van der Waals surface area (Å²) in [6.07, 6.45) is 1.79. The molecule has 2 aromatic carbocycles. The topological polar surface area (TPSA) is 74.6 Å². The molecule has 0 radical (unpaired) electrons. The molecule has 0 atom stereocenters. The molecule has 0 aliphatic heterocycles. The van der Waals surface area contributed by atoms with E-state index >= 15 is 0 Å². The summed E-state index contributed by atoms with van der Waals surface area (Å²) in [6.45, 7) is 3.82. The van der Waals surface area contributed by atoms with Crippen LogP contribution in [0.25, 0.3) is 5.65 Å². The maximum atomic E-state index is 12.4. The second-order valence-corrected chi connectivity index (χ2v) is 6.56. The Labute approximate surface area is 169 Å². The molecule has 0 unspecified atom stereocenters. The van der Waals surface area contributed by atoms with E-state index in [4.69, 9.17) is 0 Å². The average Bonchev–Trinajstić information content (AvgIpc) is 3.20. The third kappa shape index (κ3) is 4.35. The van der Waals surface area contributed by atoms with Gasteiger partial charge in [0.05, 0.1) is 0 Å². The fourth-order valence-electron chi connectivity index (χ4n) is 3.08. The molecule has 0 bridgehead atoms. The van der Waals surface area contributed by atoms with Crippen LogP contribution in [0.2, 0.25) is 0 Å². The summed E-state index contributed by atoms with van der Waals surface area (Å²) >= 11 is 0. The van der Waals surface area contributed by atoms with Gasteiger partial charge < -0.3 is 4.90 Å². The van der Waals surface area contributed by atoms with Gasteiger partial charge in [-0.3, -0.25) is 15.6 Å². The van der Waals surface area contributed by atoms with Gasteiger partial charge >= 0.3 is 0 Å². The number of amides is 1. The predicted octanol–water partition coefficient (Wildman–Crippen LogP) is 3.51. The number of nitrogens with one attached hydrogen (secondary N) is 2. The average molecular weight is 386 g/mol. The van der Waals surface area contributed by atoms with Crippen LogP contribution in [0.1, 0.15) is 22.8 Å². The minimum Gasteiger partial charge on any atom is -0.367 e. The first-order valence-corrected chi connectivity index (χ1v) is 9.49. The Hall–Kier alpha value is -3.87. The maximum absolute atomic E-state index is 12.4. The van der Waals surface area contributed by atoms with E-state index in [1.54, 1.807) is 10.7 Å². The lowest BCUT2D eigenvalue weighted by molar-refractivity contribution is 0.0962. The molecule has 2 N–H and O–H groups in total. The van der Waals surface area contributed by atoms with Crippen LogP contribution in [0, 0.1) is 0 Å². The summed E-state index contributed by atoms with van der Waals surface area (Å²) in [6, 6.07) is 23.5. The van der Waals surface area contributed by atoms with Gasteiger partial charge in [-0.05, 0) is 48.9 Å². The molecule has 0 spiro atoms. The van der Waals surface area contributed by atoms with E-state index in [1.165, 1.54) is 5.56 Å². The standard InChI is InChI=1S/C22H22N6O/c1-2-27(16-17-8-4-3-5-9-17)19-13-11-18(12-14-19)21(29)24-25-22-23-20-10-6-7-15-28(20)26-22/h3-15H,2,16H2,1H3,(H,24,29)(H,25,26). The van der Waals surface area contributed by atoms with Gasteiger partial charge in [0, 0.05) is 30.5 Å². The molecule has 7 heteroatoms. The molecule has 4 aromatic rings. The molecule has 146 valence electrons. The van der Waals surface area contributed by atoms with Crippen LogP contribution in [0.15, 0.2) is 79.0 Å². The van der Waals surface area contributed by atoms with Crippen molar-refractivity contribution in [3.8, 4) is 0 Å². The number of aromatic nitrogens is 3. The monoisotopic (exact) mass is 386 g/mol. The zero-order chi connectivity index (χ0) is 20.1. The number of pyridine rings is 1. The molecule has 0 aliphatic rings. The lowest BCUT2D eigenvalue weighted by Gasteiger charge is -2.23. The van der Waals surface area contributed by atoms with Gasteiger partial charge in [-0.2, -0.15) is 4.98 Å². The Morgan fingerprint density at radius 3 is 2.48 bits per heavy atom. The quantitative estimate of drug-likeness (QED) is 0.476. The fourth-order valence-corrected chi connectivity index (χ4v) is 3.08. The van der Waals surface area contributed by atoms with Crippen LogP contribution in [0.5, 0.6) is 0 Å². The van der Waals surface area contributed by atoms with Crippen LogP contribution >= 0.6 is 0 Å². The number of carbonyl (C=O) groups excluding carboxylic acids is 1. The van der Waals surface area contributed by atoms with E-state index in [0.29, 0.717) is 17.2 Å². The molecule has 29 heavy (non-hydrogen) atoms. The highest BCUT2D eigenvalue weighted by molar-refractivity contribution is 5.95. The molecule has 1 amide bonds. The van der Waals surface area contributed by atoms with Crippen molar-refractivity contribution in [3.05, 3.63) is 90.1 Å². The highest BCUT2D eigenvalue weighted by Crippen LogP contribution is 2.18. The van der Waals surface area contributed by atoms with Crippen molar-refractivity contribution in [2.75, 3.05) is 16.9 Å².